The van der Waals surface area contributed by atoms with Gasteiger partial charge in [-0.25, -0.2) is 4.79 Å². The Labute approximate surface area is 123 Å². The van der Waals surface area contributed by atoms with Gasteiger partial charge in [0.25, 0.3) is 0 Å². The molecule has 21 heavy (non-hydrogen) atoms. The van der Waals surface area contributed by atoms with Crippen molar-refractivity contribution in [2.24, 2.45) is 7.05 Å². The molecular weight excluding hydrogens is 266 g/mol. The second kappa shape index (κ2) is 5.99. The molecular formula is C16H19N3O2. The number of carbonyl (C=O) groups is 1. The Bertz CT molecular complexity index is 622. The van der Waals surface area contributed by atoms with Crippen molar-refractivity contribution in [1.29, 1.82) is 0 Å². The molecule has 5 nitrogen and oxygen atoms in total. The highest BCUT2D eigenvalue weighted by Crippen LogP contribution is 2.29. The van der Waals surface area contributed by atoms with E-state index < -0.39 is 0 Å². The first kappa shape index (κ1) is 13.7. The summed E-state index contributed by atoms with van der Waals surface area (Å²) in [6, 6.07) is 9.68. The largest absolute Gasteiger partial charge is 0.445 e. The topological polar surface area (TPSA) is 56.2 Å². The fraction of sp³-hybridized carbons (Fsp3) is 0.375. The van der Waals surface area contributed by atoms with Gasteiger partial charge in [-0.1, -0.05) is 30.3 Å². The number of nitrogens with zero attached hydrogens (tertiary/aromatic N) is 2. The molecule has 5 heteroatoms. The second-order valence-corrected chi connectivity index (χ2v) is 5.32. The van der Waals surface area contributed by atoms with Crippen molar-refractivity contribution in [3.8, 4) is 0 Å². The molecule has 1 amide bonds. The maximum absolute atomic E-state index is 11.9. The molecule has 1 atom stereocenters. The molecule has 0 saturated carbocycles. The zero-order chi connectivity index (χ0) is 14.7. The third-order valence-corrected chi connectivity index (χ3v) is 3.88. The number of carbonyl (C=O) groups excluding carboxylic acids is 1. The van der Waals surface area contributed by atoms with Crippen molar-refractivity contribution < 1.29 is 9.53 Å². The minimum Gasteiger partial charge on any atom is -0.445 e. The predicted octanol–water partition coefficient (Wildman–Crippen LogP) is 2.72. The van der Waals surface area contributed by atoms with E-state index >= 15 is 0 Å². The summed E-state index contributed by atoms with van der Waals surface area (Å²) in [5.74, 6) is 0. The van der Waals surface area contributed by atoms with Crippen molar-refractivity contribution >= 4 is 6.09 Å². The van der Waals surface area contributed by atoms with Gasteiger partial charge in [-0.2, -0.15) is 5.10 Å². The molecule has 110 valence electrons. The minimum atomic E-state index is -0.374. The number of aryl methyl sites for hydroxylation is 1. The Morgan fingerprint density at radius 1 is 1.43 bits per heavy atom. The zero-order valence-electron chi connectivity index (χ0n) is 12.1. The van der Waals surface area contributed by atoms with Crippen LogP contribution in [0, 0.1) is 0 Å². The highest BCUT2D eigenvalue weighted by Gasteiger charge is 2.25. The monoisotopic (exact) mass is 285 g/mol. The molecule has 0 radical (unpaired) electrons. The van der Waals surface area contributed by atoms with Crippen LogP contribution in [0.25, 0.3) is 0 Å². The van der Waals surface area contributed by atoms with Crippen LogP contribution in [0.3, 0.4) is 0 Å². The quantitative estimate of drug-likeness (QED) is 0.943. The first-order chi connectivity index (χ1) is 10.2. The molecule has 1 N–H and O–H groups in total. The van der Waals surface area contributed by atoms with Crippen molar-refractivity contribution in [3.63, 3.8) is 0 Å². The Morgan fingerprint density at radius 3 is 3.05 bits per heavy atom. The average Bonchev–Trinajstić information content (AvgIpc) is 2.89. The Hall–Kier alpha value is -2.30. The first-order valence-electron chi connectivity index (χ1n) is 7.22. The maximum Gasteiger partial charge on any atom is 0.407 e. The van der Waals surface area contributed by atoms with Crippen molar-refractivity contribution in [2.45, 2.75) is 31.9 Å². The van der Waals surface area contributed by atoms with Gasteiger partial charge in [-0.15, -0.1) is 0 Å². The van der Waals surface area contributed by atoms with E-state index in [0.29, 0.717) is 6.61 Å². The second-order valence-electron chi connectivity index (χ2n) is 5.32. The number of alkyl carbamates (subject to hydrolysis) is 1. The van der Waals surface area contributed by atoms with Crippen LogP contribution in [-0.4, -0.2) is 15.9 Å². The number of benzene rings is 1. The third kappa shape index (κ3) is 3.07. The van der Waals surface area contributed by atoms with Gasteiger partial charge < -0.3 is 10.1 Å². The fourth-order valence-corrected chi connectivity index (χ4v) is 2.76. The number of nitrogens with one attached hydrogen (secondary N) is 1. The molecule has 2 aromatic rings. The minimum absolute atomic E-state index is 0.00530. The fourth-order valence-electron chi connectivity index (χ4n) is 2.76. The molecule has 0 spiro atoms. The van der Waals surface area contributed by atoms with Gasteiger partial charge in [-0.05, 0) is 24.8 Å². The lowest BCUT2D eigenvalue weighted by Crippen LogP contribution is -2.31. The summed E-state index contributed by atoms with van der Waals surface area (Å²) in [5.41, 5.74) is 3.30. The van der Waals surface area contributed by atoms with Crippen LogP contribution in [0.5, 0.6) is 0 Å². The Morgan fingerprint density at radius 2 is 2.24 bits per heavy atom. The molecule has 0 bridgehead atoms. The van der Waals surface area contributed by atoms with E-state index in [0.717, 1.165) is 30.4 Å². The number of hydrogen-bond acceptors (Lipinski definition) is 3. The molecule has 0 fully saturated rings. The third-order valence-electron chi connectivity index (χ3n) is 3.88. The molecule has 1 aromatic carbocycles. The summed E-state index contributed by atoms with van der Waals surface area (Å²) in [5, 5.41) is 7.22. The van der Waals surface area contributed by atoms with Crippen LogP contribution in [0.2, 0.25) is 0 Å². The SMILES string of the molecule is Cn1ncc2c1CCCC2NC(=O)OCc1ccccc1. The number of rotatable bonds is 3. The molecule has 1 aromatic heterocycles. The Kier molecular flexibility index (Phi) is 3.90. The van der Waals surface area contributed by atoms with Crippen LogP contribution in [-0.2, 0) is 24.8 Å². The van der Waals surface area contributed by atoms with Gasteiger partial charge in [0.15, 0.2) is 0 Å². The summed E-state index contributed by atoms with van der Waals surface area (Å²) in [6.45, 7) is 0.291. The number of hydrogen-bond donors (Lipinski definition) is 1. The maximum atomic E-state index is 11.9. The molecule has 0 saturated heterocycles. The van der Waals surface area contributed by atoms with E-state index in [9.17, 15) is 4.79 Å². The van der Waals surface area contributed by atoms with E-state index in [1.54, 1.807) is 0 Å². The predicted molar refractivity (Wildman–Crippen MR) is 78.6 cm³/mol. The number of fused-ring (bicyclic) bond motifs is 1. The number of ether oxygens (including phenoxy) is 1. The van der Waals surface area contributed by atoms with E-state index in [1.807, 2.05) is 48.3 Å². The van der Waals surface area contributed by atoms with Gasteiger partial charge in [-0.3, -0.25) is 4.68 Å². The van der Waals surface area contributed by atoms with Crippen LogP contribution >= 0.6 is 0 Å². The average molecular weight is 285 g/mol. The summed E-state index contributed by atoms with van der Waals surface area (Å²) >= 11 is 0. The lowest BCUT2D eigenvalue weighted by Gasteiger charge is -2.23. The van der Waals surface area contributed by atoms with Crippen molar-refractivity contribution in [2.75, 3.05) is 0 Å². The summed E-state index contributed by atoms with van der Waals surface area (Å²) in [6.07, 6.45) is 4.47. The normalized spacial score (nSPS) is 17.1. The molecule has 1 heterocycles. The van der Waals surface area contributed by atoms with Gasteiger partial charge >= 0.3 is 6.09 Å². The summed E-state index contributed by atoms with van der Waals surface area (Å²) < 4.78 is 7.16. The zero-order valence-corrected chi connectivity index (χ0v) is 12.1. The summed E-state index contributed by atoms with van der Waals surface area (Å²) in [4.78, 5) is 11.9. The van der Waals surface area contributed by atoms with Gasteiger partial charge in [0, 0.05) is 18.3 Å². The molecule has 1 aliphatic carbocycles. The van der Waals surface area contributed by atoms with Crippen LogP contribution in [0.4, 0.5) is 4.79 Å². The van der Waals surface area contributed by atoms with Gasteiger partial charge in [0.05, 0.1) is 12.2 Å². The first-order valence-corrected chi connectivity index (χ1v) is 7.22. The number of amides is 1. The molecule has 3 rings (SSSR count). The molecule has 1 aliphatic rings. The van der Waals surface area contributed by atoms with Crippen LogP contribution < -0.4 is 5.32 Å². The Balaban J connectivity index is 1.58. The summed E-state index contributed by atoms with van der Waals surface area (Å²) in [7, 11) is 1.94. The highest BCUT2D eigenvalue weighted by atomic mass is 16.5. The standard InChI is InChI=1S/C16H19N3O2/c1-19-15-9-5-8-14(13(15)10-17-19)18-16(20)21-11-12-6-3-2-4-7-12/h2-4,6-7,10,14H,5,8-9,11H2,1H3,(H,18,20). The lowest BCUT2D eigenvalue weighted by molar-refractivity contribution is 0.134. The lowest BCUT2D eigenvalue weighted by atomic mass is 9.93. The molecule has 0 aliphatic heterocycles. The number of aromatic nitrogens is 2. The molecule has 1 unspecified atom stereocenters. The van der Waals surface area contributed by atoms with Crippen molar-refractivity contribution in [3.05, 3.63) is 53.3 Å². The van der Waals surface area contributed by atoms with Crippen molar-refractivity contribution in [1.82, 2.24) is 15.1 Å². The van der Waals surface area contributed by atoms with E-state index in [4.69, 9.17) is 4.74 Å². The smallest absolute Gasteiger partial charge is 0.407 e. The van der Waals surface area contributed by atoms with E-state index in [-0.39, 0.29) is 12.1 Å². The van der Waals surface area contributed by atoms with Crippen LogP contribution in [0.1, 0.15) is 35.7 Å². The highest BCUT2D eigenvalue weighted by molar-refractivity contribution is 5.68. The van der Waals surface area contributed by atoms with Crippen LogP contribution in [0.15, 0.2) is 36.5 Å². The van der Waals surface area contributed by atoms with Gasteiger partial charge in [0.2, 0.25) is 0 Å². The van der Waals surface area contributed by atoms with E-state index in [1.165, 1.54) is 5.69 Å². The van der Waals surface area contributed by atoms with Gasteiger partial charge in [0.1, 0.15) is 6.61 Å². The van der Waals surface area contributed by atoms with E-state index in [2.05, 4.69) is 10.4 Å².